The number of amides is 1. The van der Waals surface area contributed by atoms with Crippen molar-refractivity contribution < 1.29 is 4.79 Å². The van der Waals surface area contributed by atoms with Gasteiger partial charge in [0.1, 0.15) is 5.69 Å². The number of carbonyl (C=O) groups is 1. The molecule has 1 N–H and O–H groups in total. The molecule has 0 aromatic carbocycles. The van der Waals surface area contributed by atoms with Gasteiger partial charge in [0.25, 0.3) is 11.5 Å². The standard InChI is InChI=1S/C18H24N6O2/c25-17-10-16(19-13-20-17)18(26)23-12-15-4-6-21-24(15)9-5-14(23)11-22-7-2-1-3-8-22/h4,6,10,13-14H,1-3,5,7-9,11-12H2,(H,19,20,25). The lowest BCUT2D eigenvalue weighted by molar-refractivity contribution is 0.0582. The average molecular weight is 356 g/mol. The number of hydrogen-bond donors (Lipinski definition) is 1. The second kappa shape index (κ2) is 7.41. The molecule has 138 valence electrons. The molecule has 8 heteroatoms. The molecule has 1 amide bonds. The third kappa shape index (κ3) is 3.55. The maximum atomic E-state index is 13.2. The van der Waals surface area contributed by atoms with Crippen molar-refractivity contribution in [2.45, 2.75) is 44.8 Å². The zero-order valence-electron chi connectivity index (χ0n) is 14.8. The topological polar surface area (TPSA) is 87.1 Å². The summed E-state index contributed by atoms with van der Waals surface area (Å²) in [6, 6.07) is 3.32. The fourth-order valence-electron chi connectivity index (χ4n) is 3.93. The van der Waals surface area contributed by atoms with Crippen molar-refractivity contribution in [1.82, 2.24) is 29.5 Å². The van der Waals surface area contributed by atoms with E-state index in [0.29, 0.717) is 6.54 Å². The van der Waals surface area contributed by atoms with Gasteiger partial charge in [-0.2, -0.15) is 5.10 Å². The van der Waals surface area contributed by atoms with Gasteiger partial charge in [-0.25, -0.2) is 4.98 Å². The Labute approximate surface area is 151 Å². The van der Waals surface area contributed by atoms with Crippen LogP contribution in [-0.4, -0.2) is 61.1 Å². The Kier molecular flexibility index (Phi) is 4.83. The number of nitrogens with zero attached hydrogens (tertiary/aromatic N) is 5. The summed E-state index contributed by atoms with van der Waals surface area (Å²) in [5, 5.41) is 4.37. The van der Waals surface area contributed by atoms with Crippen molar-refractivity contribution in [3.05, 3.63) is 46.4 Å². The van der Waals surface area contributed by atoms with E-state index >= 15 is 0 Å². The molecule has 2 aromatic rings. The van der Waals surface area contributed by atoms with Crippen molar-refractivity contribution >= 4 is 5.91 Å². The van der Waals surface area contributed by atoms with E-state index in [1.54, 1.807) is 6.20 Å². The second-order valence-electron chi connectivity index (χ2n) is 7.08. The van der Waals surface area contributed by atoms with E-state index in [4.69, 9.17) is 0 Å². The summed E-state index contributed by atoms with van der Waals surface area (Å²) in [5.74, 6) is -0.187. The van der Waals surface area contributed by atoms with Crippen LogP contribution in [0.25, 0.3) is 0 Å². The molecule has 8 nitrogen and oxygen atoms in total. The first-order chi connectivity index (χ1) is 12.7. The summed E-state index contributed by atoms with van der Waals surface area (Å²) in [5.41, 5.74) is 0.908. The molecule has 2 aliphatic heterocycles. The Bertz CT molecular complexity index is 823. The molecule has 0 bridgehead atoms. The summed E-state index contributed by atoms with van der Waals surface area (Å²) < 4.78 is 1.97. The Morgan fingerprint density at radius 3 is 2.88 bits per heavy atom. The Balaban J connectivity index is 1.60. The molecule has 4 rings (SSSR count). The lowest BCUT2D eigenvalue weighted by Crippen LogP contribution is -2.47. The number of H-pyrrole nitrogens is 1. The van der Waals surface area contributed by atoms with Crippen LogP contribution in [-0.2, 0) is 13.1 Å². The molecule has 1 fully saturated rings. The summed E-state index contributed by atoms with van der Waals surface area (Å²) >= 11 is 0. The van der Waals surface area contributed by atoms with Crippen LogP contribution in [0.2, 0.25) is 0 Å². The molecular formula is C18H24N6O2. The molecule has 2 aliphatic rings. The lowest BCUT2D eigenvalue weighted by Gasteiger charge is -2.35. The minimum atomic E-state index is -0.309. The largest absolute Gasteiger partial charge is 0.327 e. The SMILES string of the molecule is O=C(c1cc(=O)[nH]cn1)N1Cc2ccnn2CCC1CN1CCCCC1. The zero-order valence-corrected chi connectivity index (χ0v) is 14.8. The molecule has 1 unspecified atom stereocenters. The van der Waals surface area contributed by atoms with E-state index in [9.17, 15) is 9.59 Å². The van der Waals surface area contributed by atoms with Crippen LogP contribution >= 0.6 is 0 Å². The maximum absolute atomic E-state index is 13.2. The van der Waals surface area contributed by atoms with Crippen LogP contribution < -0.4 is 5.56 Å². The normalized spacial score (nSPS) is 21.2. The highest BCUT2D eigenvalue weighted by Gasteiger charge is 2.31. The quantitative estimate of drug-likeness (QED) is 0.882. The number of rotatable bonds is 3. The van der Waals surface area contributed by atoms with Crippen molar-refractivity contribution in [3.63, 3.8) is 0 Å². The van der Waals surface area contributed by atoms with Crippen LogP contribution in [0.5, 0.6) is 0 Å². The van der Waals surface area contributed by atoms with Crippen LogP contribution in [0.3, 0.4) is 0 Å². The molecule has 0 spiro atoms. The second-order valence-corrected chi connectivity index (χ2v) is 7.08. The zero-order chi connectivity index (χ0) is 17.9. The molecular weight excluding hydrogens is 332 g/mol. The highest BCUT2D eigenvalue weighted by Crippen LogP contribution is 2.21. The van der Waals surface area contributed by atoms with Crippen LogP contribution in [0.15, 0.2) is 29.5 Å². The number of nitrogens with one attached hydrogen (secondary N) is 1. The van der Waals surface area contributed by atoms with Gasteiger partial charge in [0.05, 0.1) is 18.6 Å². The summed E-state index contributed by atoms with van der Waals surface area (Å²) in [6.45, 7) is 4.33. The molecule has 0 radical (unpaired) electrons. The van der Waals surface area contributed by atoms with Crippen molar-refractivity contribution in [2.75, 3.05) is 19.6 Å². The van der Waals surface area contributed by atoms with Gasteiger partial charge >= 0.3 is 0 Å². The van der Waals surface area contributed by atoms with Gasteiger partial charge in [-0.05, 0) is 38.4 Å². The predicted octanol–water partition coefficient (Wildman–Crippen LogP) is 0.867. The van der Waals surface area contributed by atoms with E-state index in [-0.39, 0.29) is 23.2 Å². The summed E-state index contributed by atoms with van der Waals surface area (Å²) in [4.78, 5) is 35.6. The fourth-order valence-corrected chi connectivity index (χ4v) is 3.93. The molecule has 2 aromatic heterocycles. The van der Waals surface area contributed by atoms with Gasteiger partial charge in [0.15, 0.2) is 0 Å². The van der Waals surface area contributed by atoms with Crippen molar-refractivity contribution in [1.29, 1.82) is 0 Å². The van der Waals surface area contributed by atoms with E-state index in [0.717, 1.165) is 38.3 Å². The Morgan fingerprint density at radius 1 is 1.23 bits per heavy atom. The van der Waals surface area contributed by atoms with Crippen molar-refractivity contribution in [3.8, 4) is 0 Å². The maximum Gasteiger partial charge on any atom is 0.273 e. The van der Waals surface area contributed by atoms with Crippen LogP contribution in [0, 0.1) is 0 Å². The number of aromatic amines is 1. The highest BCUT2D eigenvalue weighted by atomic mass is 16.2. The first-order valence-electron chi connectivity index (χ1n) is 9.29. The first kappa shape index (κ1) is 17.0. The number of carbonyl (C=O) groups excluding carboxylic acids is 1. The summed E-state index contributed by atoms with van der Waals surface area (Å²) in [7, 11) is 0. The smallest absolute Gasteiger partial charge is 0.273 e. The minimum absolute atomic E-state index is 0.0865. The molecule has 26 heavy (non-hydrogen) atoms. The minimum Gasteiger partial charge on any atom is -0.327 e. The molecule has 0 aliphatic carbocycles. The van der Waals surface area contributed by atoms with Gasteiger partial charge in [-0.1, -0.05) is 6.42 Å². The van der Waals surface area contributed by atoms with Gasteiger partial charge in [0, 0.05) is 31.4 Å². The lowest BCUT2D eigenvalue weighted by atomic mass is 10.1. The molecule has 4 heterocycles. The van der Waals surface area contributed by atoms with Gasteiger partial charge < -0.3 is 14.8 Å². The number of aromatic nitrogens is 4. The molecule has 0 saturated carbocycles. The van der Waals surface area contributed by atoms with Gasteiger partial charge in [-0.3, -0.25) is 14.3 Å². The number of hydrogen-bond acceptors (Lipinski definition) is 5. The highest BCUT2D eigenvalue weighted by molar-refractivity contribution is 5.92. The van der Waals surface area contributed by atoms with Gasteiger partial charge in [0.2, 0.25) is 0 Å². The van der Waals surface area contributed by atoms with Crippen molar-refractivity contribution in [2.24, 2.45) is 0 Å². The van der Waals surface area contributed by atoms with Gasteiger partial charge in [-0.15, -0.1) is 0 Å². The van der Waals surface area contributed by atoms with E-state index < -0.39 is 0 Å². The number of likely N-dealkylation sites (tertiary alicyclic amines) is 1. The first-order valence-corrected chi connectivity index (χ1v) is 9.29. The van der Waals surface area contributed by atoms with Crippen LogP contribution in [0.1, 0.15) is 41.9 Å². The molecule has 1 saturated heterocycles. The predicted molar refractivity (Wildman–Crippen MR) is 95.7 cm³/mol. The Hall–Kier alpha value is -2.48. The van der Waals surface area contributed by atoms with Crippen LogP contribution in [0.4, 0.5) is 0 Å². The third-order valence-corrected chi connectivity index (χ3v) is 5.33. The third-order valence-electron chi connectivity index (χ3n) is 5.33. The molecule has 1 atom stereocenters. The van der Waals surface area contributed by atoms with E-state index in [1.807, 2.05) is 15.6 Å². The average Bonchev–Trinajstić information content (AvgIpc) is 3.04. The number of fused-ring (bicyclic) bond motifs is 1. The monoisotopic (exact) mass is 356 g/mol. The number of piperidine rings is 1. The Morgan fingerprint density at radius 2 is 2.08 bits per heavy atom. The summed E-state index contributed by atoms with van der Waals surface area (Å²) in [6.07, 6.45) is 7.64. The number of aryl methyl sites for hydroxylation is 1. The van der Waals surface area contributed by atoms with E-state index in [1.165, 1.54) is 31.7 Å². The fraction of sp³-hybridized carbons (Fsp3) is 0.556. The van der Waals surface area contributed by atoms with E-state index in [2.05, 4.69) is 20.0 Å².